The smallest absolute Gasteiger partial charge is 0.243 e. The highest BCUT2D eigenvalue weighted by Gasteiger charge is 2.26. The summed E-state index contributed by atoms with van der Waals surface area (Å²) in [6, 6.07) is 12.7. The van der Waals surface area contributed by atoms with E-state index < -0.39 is 15.3 Å². The molecule has 1 N–H and O–H groups in total. The molecule has 1 unspecified atom stereocenters. The van der Waals surface area contributed by atoms with Crippen LogP contribution in [-0.4, -0.2) is 51.6 Å². The minimum Gasteiger partial charge on any atom is -0.325 e. The van der Waals surface area contributed by atoms with E-state index in [1.165, 1.54) is 17.3 Å². The van der Waals surface area contributed by atoms with Crippen LogP contribution >= 0.6 is 11.8 Å². The maximum Gasteiger partial charge on any atom is 0.243 e. The molecule has 1 saturated heterocycles. The lowest BCUT2D eigenvalue weighted by Gasteiger charge is -2.25. The summed E-state index contributed by atoms with van der Waals surface area (Å²) in [6.45, 7) is 9.17. The highest BCUT2D eigenvalue weighted by molar-refractivity contribution is 8.00. The summed E-state index contributed by atoms with van der Waals surface area (Å²) in [5.41, 5.74) is 5.80. The molecule has 8 nitrogen and oxygen atoms in total. The molecule has 0 radical (unpaired) electrons. The van der Waals surface area contributed by atoms with E-state index in [-0.39, 0.29) is 10.8 Å². The van der Waals surface area contributed by atoms with Crippen molar-refractivity contribution < 1.29 is 13.2 Å². The summed E-state index contributed by atoms with van der Waals surface area (Å²) in [4.78, 5) is 13.3. The number of pyridine rings is 1. The summed E-state index contributed by atoms with van der Waals surface area (Å²) < 4.78 is 29.3. The maximum absolute atomic E-state index is 13.0. The van der Waals surface area contributed by atoms with E-state index in [4.69, 9.17) is 0 Å². The van der Waals surface area contributed by atoms with Gasteiger partial charge in [-0.05, 0) is 88.1 Å². The molecule has 4 aromatic rings. The molecule has 37 heavy (non-hydrogen) atoms. The Kier molecular flexibility index (Phi) is 6.99. The number of piperidine rings is 1. The molecular formula is C27H31N5O3S2. The number of carbonyl (C=O) groups excluding carboxylic acids is 1. The Balaban J connectivity index is 1.34. The van der Waals surface area contributed by atoms with Gasteiger partial charge in [-0.15, -0.1) is 10.2 Å². The van der Waals surface area contributed by atoms with Crippen molar-refractivity contribution in [3.8, 4) is 0 Å². The van der Waals surface area contributed by atoms with E-state index in [2.05, 4.69) is 48.4 Å². The Morgan fingerprint density at radius 1 is 0.973 bits per heavy atom. The third kappa shape index (κ3) is 4.97. The number of hydrogen-bond acceptors (Lipinski definition) is 6. The second kappa shape index (κ2) is 10.1. The van der Waals surface area contributed by atoms with E-state index in [9.17, 15) is 13.2 Å². The first-order valence-electron chi connectivity index (χ1n) is 12.5. The topological polar surface area (TPSA) is 96.7 Å². The average Bonchev–Trinajstić information content (AvgIpc) is 3.26. The normalized spacial score (nSPS) is 15.8. The van der Waals surface area contributed by atoms with Gasteiger partial charge in [0.2, 0.25) is 15.9 Å². The number of carbonyl (C=O) groups is 1. The van der Waals surface area contributed by atoms with Gasteiger partial charge >= 0.3 is 0 Å². The molecule has 0 spiro atoms. The van der Waals surface area contributed by atoms with Crippen molar-refractivity contribution in [2.75, 3.05) is 18.4 Å². The molecule has 1 fully saturated rings. The molecule has 1 aliphatic heterocycles. The largest absolute Gasteiger partial charge is 0.325 e. The SMILES string of the molecule is Cc1cc(C)c2c(c1)c(C)cc1nnc(SC(C)C(=O)Nc3ccc(S(=O)(=O)N4CCCCC4)cc3)n12. The van der Waals surface area contributed by atoms with Gasteiger partial charge in [-0.1, -0.05) is 29.8 Å². The van der Waals surface area contributed by atoms with E-state index in [0.717, 1.165) is 46.9 Å². The summed E-state index contributed by atoms with van der Waals surface area (Å²) >= 11 is 1.34. The zero-order valence-electron chi connectivity index (χ0n) is 21.5. The number of thioether (sulfide) groups is 1. The quantitative estimate of drug-likeness (QED) is 0.344. The molecule has 0 saturated carbocycles. The van der Waals surface area contributed by atoms with Crippen LogP contribution in [0.1, 0.15) is 42.9 Å². The van der Waals surface area contributed by atoms with Crippen molar-refractivity contribution in [2.24, 2.45) is 0 Å². The maximum atomic E-state index is 13.0. The van der Waals surface area contributed by atoms with Crippen LogP contribution in [0.3, 0.4) is 0 Å². The van der Waals surface area contributed by atoms with Crippen molar-refractivity contribution in [3.05, 3.63) is 59.2 Å². The predicted octanol–water partition coefficient (Wildman–Crippen LogP) is 5.10. The molecule has 0 aliphatic carbocycles. The van der Waals surface area contributed by atoms with Crippen LogP contribution in [0, 0.1) is 20.8 Å². The second-order valence-electron chi connectivity index (χ2n) is 9.72. The first-order chi connectivity index (χ1) is 17.6. The fourth-order valence-corrected chi connectivity index (χ4v) is 7.29. The summed E-state index contributed by atoms with van der Waals surface area (Å²) in [7, 11) is -3.51. The van der Waals surface area contributed by atoms with Crippen LogP contribution in [0.2, 0.25) is 0 Å². The van der Waals surface area contributed by atoms with Crippen LogP contribution in [0.4, 0.5) is 5.69 Å². The fraction of sp³-hybridized carbons (Fsp3) is 0.370. The Morgan fingerprint density at radius 2 is 1.68 bits per heavy atom. The number of aromatic nitrogens is 3. The lowest BCUT2D eigenvalue weighted by Crippen LogP contribution is -2.35. The van der Waals surface area contributed by atoms with Crippen LogP contribution in [0.25, 0.3) is 16.6 Å². The van der Waals surface area contributed by atoms with Gasteiger partial charge in [-0.3, -0.25) is 9.20 Å². The van der Waals surface area contributed by atoms with Crippen LogP contribution in [0.5, 0.6) is 0 Å². The number of sulfonamides is 1. The molecule has 5 rings (SSSR count). The molecule has 2 aromatic carbocycles. The summed E-state index contributed by atoms with van der Waals surface area (Å²) in [6.07, 6.45) is 2.84. The van der Waals surface area contributed by atoms with Crippen LogP contribution < -0.4 is 5.32 Å². The minimum absolute atomic E-state index is 0.197. The number of hydrogen-bond donors (Lipinski definition) is 1. The molecule has 0 bridgehead atoms. The van der Waals surface area contributed by atoms with Gasteiger partial charge in [0, 0.05) is 24.2 Å². The first kappa shape index (κ1) is 25.7. The number of amides is 1. The molecule has 2 aromatic heterocycles. The van der Waals surface area contributed by atoms with Crippen LogP contribution in [0.15, 0.2) is 52.5 Å². The molecule has 3 heterocycles. The molecule has 1 amide bonds. The molecule has 1 atom stereocenters. The number of rotatable bonds is 6. The molecule has 1 aliphatic rings. The highest BCUT2D eigenvalue weighted by Crippen LogP contribution is 2.31. The highest BCUT2D eigenvalue weighted by atomic mass is 32.2. The number of nitrogens with one attached hydrogen (secondary N) is 1. The third-order valence-electron chi connectivity index (χ3n) is 6.82. The van der Waals surface area contributed by atoms with E-state index >= 15 is 0 Å². The van der Waals surface area contributed by atoms with Crippen molar-refractivity contribution in [3.63, 3.8) is 0 Å². The number of aryl methyl sites for hydroxylation is 3. The van der Waals surface area contributed by atoms with Crippen molar-refractivity contribution in [1.29, 1.82) is 0 Å². The number of nitrogens with zero attached hydrogens (tertiary/aromatic N) is 4. The Bertz CT molecular complexity index is 1590. The third-order valence-corrected chi connectivity index (χ3v) is 9.78. The van der Waals surface area contributed by atoms with Gasteiger partial charge in [-0.25, -0.2) is 8.42 Å². The fourth-order valence-electron chi connectivity index (χ4n) is 4.91. The van der Waals surface area contributed by atoms with E-state index in [0.29, 0.717) is 23.9 Å². The van der Waals surface area contributed by atoms with Crippen molar-refractivity contribution in [1.82, 2.24) is 18.9 Å². The first-order valence-corrected chi connectivity index (χ1v) is 14.8. The standard InChI is InChI=1S/C27H31N5O3S2/c1-17-14-19(3)25-23(15-17)18(2)16-24-29-30-27(32(24)25)36-20(4)26(33)28-21-8-10-22(11-9-21)37(34,35)31-12-6-5-7-13-31/h8-11,14-16,20H,5-7,12-13H2,1-4H3,(H,28,33). The monoisotopic (exact) mass is 537 g/mol. The number of fused-ring (bicyclic) bond motifs is 3. The lowest BCUT2D eigenvalue weighted by molar-refractivity contribution is -0.115. The zero-order chi connectivity index (χ0) is 26.3. The van der Waals surface area contributed by atoms with Crippen molar-refractivity contribution >= 4 is 49.9 Å². The van der Waals surface area contributed by atoms with Gasteiger partial charge in [0.25, 0.3) is 0 Å². The van der Waals surface area contributed by atoms with E-state index in [1.807, 2.05) is 17.4 Å². The van der Waals surface area contributed by atoms with Crippen LogP contribution in [-0.2, 0) is 14.8 Å². The second-order valence-corrected chi connectivity index (χ2v) is 13.0. The van der Waals surface area contributed by atoms with Gasteiger partial charge in [0.15, 0.2) is 10.8 Å². The Hall–Kier alpha value is -2.95. The van der Waals surface area contributed by atoms with E-state index in [1.54, 1.807) is 28.6 Å². The zero-order valence-corrected chi connectivity index (χ0v) is 23.1. The van der Waals surface area contributed by atoms with Gasteiger partial charge in [0.05, 0.1) is 15.7 Å². The summed E-state index contributed by atoms with van der Waals surface area (Å²) in [5.74, 6) is -0.197. The lowest BCUT2D eigenvalue weighted by atomic mass is 10.0. The summed E-state index contributed by atoms with van der Waals surface area (Å²) in [5, 5.41) is 13.0. The number of anilines is 1. The number of benzene rings is 2. The predicted molar refractivity (Wildman–Crippen MR) is 148 cm³/mol. The van der Waals surface area contributed by atoms with Gasteiger partial charge in [-0.2, -0.15) is 4.31 Å². The minimum atomic E-state index is -3.51. The average molecular weight is 538 g/mol. The van der Waals surface area contributed by atoms with Crippen molar-refractivity contribution in [2.45, 2.75) is 62.3 Å². The molecular weight excluding hydrogens is 506 g/mol. The Labute approximate surface area is 221 Å². The van der Waals surface area contributed by atoms with Gasteiger partial charge in [0.1, 0.15) is 0 Å². The Morgan fingerprint density at radius 3 is 2.38 bits per heavy atom. The molecule has 194 valence electrons. The molecule has 10 heteroatoms. The van der Waals surface area contributed by atoms with Gasteiger partial charge < -0.3 is 5.32 Å².